The van der Waals surface area contributed by atoms with Crippen molar-refractivity contribution in [3.8, 4) is 0 Å². The van der Waals surface area contributed by atoms with Crippen molar-refractivity contribution in [2.75, 3.05) is 31.2 Å². The maximum Gasteiger partial charge on any atom is 0.225 e. The van der Waals surface area contributed by atoms with E-state index in [0.717, 1.165) is 13.0 Å². The lowest BCUT2D eigenvalue weighted by Gasteiger charge is -2.20. The highest BCUT2D eigenvalue weighted by Gasteiger charge is 2.12. The maximum atomic E-state index is 12.0. The molecule has 1 atom stereocenters. The van der Waals surface area contributed by atoms with E-state index in [0.29, 0.717) is 40.3 Å². The Balaban J connectivity index is 2.51. The van der Waals surface area contributed by atoms with Crippen LogP contribution in [-0.4, -0.2) is 30.9 Å². The van der Waals surface area contributed by atoms with Crippen LogP contribution in [-0.2, 0) is 4.79 Å². The molecule has 0 aliphatic carbocycles. The van der Waals surface area contributed by atoms with Crippen molar-refractivity contribution >= 4 is 40.5 Å². The van der Waals surface area contributed by atoms with Gasteiger partial charge >= 0.3 is 0 Å². The summed E-state index contributed by atoms with van der Waals surface area (Å²) in [6.07, 6.45) is 1.53. The van der Waals surface area contributed by atoms with E-state index >= 15 is 0 Å². The lowest BCUT2D eigenvalue weighted by atomic mass is 10.1. The highest BCUT2D eigenvalue weighted by atomic mass is 35.5. The molecule has 0 radical (unpaired) electrons. The number of hydrogen-bond donors (Lipinski definition) is 2. The van der Waals surface area contributed by atoms with Crippen LogP contribution in [0.2, 0.25) is 10.0 Å². The molecule has 1 aromatic rings. The summed E-state index contributed by atoms with van der Waals surface area (Å²) in [5, 5.41) is 3.54. The fourth-order valence-electron chi connectivity index (χ4n) is 1.97. The van der Waals surface area contributed by atoms with Gasteiger partial charge in [0.25, 0.3) is 0 Å². The SMILES string of the molecule is CCC(C)CN(C)CCC(=O)Nc1c(N)cc(Cl)cc1Cl. The van der Waals surface area contributed by atoms with Gasteiger partial charge in [-0.3, -0.25) is 4.79 Å². The second-order valence-corrected chi connectivity index (χ2v) is 6.27. The number of nitrogen functional groups attached to an aromatic ring is 1. The number of nitrogens with zero attached hydrogens (tertiary/aromatic N) is 1. The fourth-order valence-corrected chi connectivity index (χ4v) is 2.53. The van der Waals surface area contributed by atoms with Gasteiger partial charge in [-0.1, -0.05) is 43.5 Å². The average Bonchev–Trinajstić information content (AvgIpc) is 2.40. The van der Waals surface area contributed by atoms with E-state index in [9.17, 15) is 4.79 Å². The summed E-state index contributed by atoms with van der Waals surface area (Å²) in [6.45, 7) is 6.04. The minimum atomic E-state index is -0.109. The normalized spacial score (nSPS) is 12.5. The summed E-state index contributed by atoms with van der Waals surface area (Å²) in [4.78, 5) is 14.1. The highest BCUT2D eigenvalue weighted by molar-refractivity contribution is 6.37. The standard InChI is InChI=1S/C15H23Cl2N3O/c1-4-10(2)9-20(3)6-5-14(21)19-15-12(17)7-11(16)8-13(15)18/h7-8,10H,4-6,9,18H2,1-3H3,(H,19,21). The predicted molar refractivity (Wildman–Crippen MR) is 91.1 cm³/mol. The molecule has 6 heteroatoms. The molecule has 0 aliphatic rings. The third-order valence-corrected chi connectivity index (χ3v) is 3.91. The Kier molecular flexibility index (Phi) is 7.29. The number of amides is 1. The largest absolute Gasteiger partial charge is 0.397 e. The van der Waals surface area contributed by atoms with Crippen molar-refractivity contribution in [1.82, 2.24) is 4.90 Å². The summed E-state index contributed by atoms with van der Waals surface area (Å²) in [5.41, 5.74) is 6.61. The van der Waals surface area contributed by atoms with Crippen molar-refractivity contribution in [3.63, 3.8) is 0 Å². The van der Waals surface area contributed by atoms with Gasteiger partial charge in [0, 0.05) is 24.5 Å². The quantitative estimate of drug-likeness (QED) is 0.745. The van der Waals surface area contributed by atoms with E-state index < -0.39 is 0 Å². The second kappa shape index (κ2) is 8.47. The summed E-state index contributed by atoms with van der Waals surface area (Å²) in [7, 11) is 2.02. The maximum absolute atomic E-state index is 12.0. The molecule has 1 unspecified atom stereocenters. The molecule has 4 nitrogen and oxygen atoms in total. The average molecular weight is 332 g/mol. The van der Waals surface area contributed by atoms with Crippen LogP contribution in [0.5, 0.6) is 0 Å². The molecule has 0 heterocycles. The number of halogens is 2. The Labute approximate surface area is 136 Å². The van der Waals surface area contributed by atoms with Crippen LogP contribution in [0, 0.1) is 5.92 Å². The summed E-state index contributed by atoms with van der Waals surface area (Å²) in [5.74, 6) is 0.515. The Morgan fingerprint density at radius 2 is 2.10 bits per heavy atom. The van der Waals surface area contributed by atoms with E-state index in [1.807, 2.05) is 7.05 Å². The van der Waals surface area contributed by atoms with Gasteiger partial charge in [-0.15, -0.1) is 0 Å². The van der Waals surface area contributed by atoms with Gasteiger partial charge in [0.15, 0.2) is 0 Å². The van der Waals surface area contributed by atoms with Gasteiger partial charge in [-0.05, 0) is 25.1 Å². The first-order valence-electron chi connectivity index (χ1n) is 7.06. The third-order valence-electron chi connectivity index (χ3n) is 3.39. The number of carbonyl (C=O) groups excluding carboxylic acids is 1. The number of nitrogens with one attached hydrogen (secondary N) is 1. The Morgan fingerprint density at radius 3 is 2.67 bits per heavy atom. The molecule has 1 amide bonds. The van der Waals surface area contributed by atoms with E-state index in [-0.39, 0.29) is 5.91 Å². The van der Waals surface area contributed by atoms with Gasteiger partial charge in [0.1, 0.15) is 0 Å². The molecule has 118 valence electrons. The number of benzene rings is 1. The van der Waals surface area contributed by atoms with Crippen molar-refractivity contribution in [1.29, 1.82) is 0 Å². The Hall–Kier alpha value is -0.970. The third kappa shape index (κ3) is 6.12. The minimum absolute atomic E-state index is 0.109. The van der Waals surface area contributed by atoms with Crippen LogP contribution < -0.4 is 11.1 Å². The fraction of sp³-hybridized carbons (Fsp3) is 0.533. The molecular weight excluding hydrogens is 309 g/mol. The van der Waals surface area contributed by atoms with Crippen LogP contribution in [0.15, 0.2) is 12.1 Å². The molecule has 1 rings (SSSR count). The molecule has 21 heavy (non-hydrogen) atoms. The molecule has 0 saturated carbocycles. The first-order chi connectivity index (χ1) is 9.83. The van der Waals surface area contributed by atoms with Crippen LogP contribution >= 0.6 is 23.2 Å². The first kappa shape index (κ1) is 18.1. The van der Waals surface area contributed by atoms with E-state index in [2.05, 4.69) is 24.1 Å². The topological polar surface area (TPSA) is 58.4 Å². The van der Waals surface area contributed by atoms with E-state index in [4.69, 9.17) is 28.9 Å². The van der Waals surface area contributed by atoms with E-state index in [1.165, 1.54) is 0 Å². The number of carbonyl (C=O) groups is 1. The van der Waals surface area contributed by atoms with Crippen LogP contribution in [0.25, 0.3) is 0 Å². The lowest BCUT2D eigenvalue weighted by molar-refractivity contribution is -0.116. The van der Waals surface area contributed by atoms with Gasteiger partial charge in [-0.2, -0.15) is 0 Å². The monoisotopic (exact) mass is 331 g/mol. The van der Waals surface area contributed by atoms with Gasteiger partial charge in [0.05, 0.1) is 16.4 Å². The molecule has 0 saturated heterocycles. The highest BCUT2D eigenvalue weighted by Crippen LogP contribution is 2.32. The zero-order valence-corrected chi connectivity index (χ0v) is 14.3. The molecule has 3 N–H and O–H groups in total. The minimum Gasteiger partial charge on any atom is -0.397 e. The molecule has 0 aromatic heterocycles. The number of hydrogen-bond acceptors (Lipinski definition) is 3. The van der Waals surface area contributed by atoms with Crippen molar-refractivity contribution in [3.05, 3.63) is 22.2 Å². The Bertz CT molecular complexity index is 471. The molecule has 0 spiro atoms. The summed E-state index contributed by atoms with van der Waals surface area (Å²) in [6, 6.07) is 3.13. The molecular formula is C15H23Cl2N3O. The zero-order valence-electron chi connectivity index (χ0n) is 12.7. The molecule has 1 aromatic carbocycles. The molecule has 0 bridgehead atoms. The van der Waals surface area contributed by atoms with Gasteiger partial charge in [0.2, 0.25) is 5.91 Å². The van der Waals surface area contributed by atoms with Crippen LogP contribution in [0.1, 0.15) is 26.7 Å². The lowest BCUT2D eigenvalue weighted by Crippen LogP contribution is -2.28. The first-order valence-corrected chi connectivity index (χ1v) is 7.82. The van der Waals surface area contributed by atoms with E-state index in [1.54, 1.807) is 12.1 Å². The molecule has 0 aliphatic heterocycles. The van der Waals surface area contributed by atoms with Gasteiger partial charge in [-0.25, -0.2) is 0 Å². The van der Waals surface area contributed by atoms with Gasteiger partial charge < -0.3 is 16.0 Å². The summed E-state index contributed by atoms with van der Waals surface area (Å²) < 4.78 is 0. The molecule has 0 fully saturated rings. The van der Waals surface area contributed by atoms with Crippen molar-refractivity contribution < 1.29 is 4.79 Å². The smallest absolute Gasteiger partial charge is 0.225 e. The summed E-state index contributed by atoms with van der Waals surface area (Å²) >= 11 is 11.9. The van der Waals surface area contributed by atoms with Crippen molar-refractivity contribution in [2.24, 2.45) is 5.92 Å². The van der Waals surface area contributed by atoms with Crippen molar-refractivity contribution in [2.45, 2.75) is 26.7 Å². The van der Waals surface area contributed by atoms with Crippen LogP contribution in [0.3, 0.4) is 0 Å². The number of nitrogens with two attached hydrogens (primary N) is 1. The Morgan fingerprint density at radius 1 is 1.43 bits per heavy atom. The second-order valence-electron chi connectivity index (χ2n) is 5.43. The number of rotatable bonds is 7. The predicted octanol–water partition coefficient (Wildman–Crippen LogP) is 3.88. The zero-order chi connectivity index (χ0) is 16.0. The number of anilines is 2. The van der Waals surface area contributed by atoms with Crippen LogP contribution in [0.4, 0.5) is 11.4 Å².